The summed E-state index contributed by atoms with van der Waals surface area (Å²) in [5.41, 5.74) is 1.58. The maximum absolute atomic E-state index is 14.2. The van der Waals surface area contributed by atoms with Crippen molar-refractivity contribution >= 4 is 17.6 Å². The highest BCUT2D eigenvalue weighted by atomic mass is 19.4. The molecule has 4 aliphatic rings. The normalized spacial score (nSPS) is 24.1. The van der Waals surface area contributed by atoms with E-state index in [1.165, 1.54) is 5.56 Å². The number of carbonyl (C=O) groups is 2. The monoisotopic (exact) mass is 673 g/mol. The zero-order valence-electron chi connectivity index (χ0n) is 28.2. The molecule has 3 aliphatic heterocycles. The average Bonchev–Trinajstić information content (AvgIpc) is 3.43. The zero-order chi connectivity index (χ0) is 34.1. The van der Waals surface area contributed by atoms with Gasteiger partial charge in [0, 0.05) is 57.6 Å². The van der Waals surface area contributed by atoms with Crippen molar-refractivity contribution in [2.45, 2.75) is 63.1 Å². The fourth-order valence-electron chi connectivity index (χ4n) is 8.70. The molecule has 1 aliphatic carbocycles. The summed E-state index contributed by atoms with van der Waals surface area (Å²) >= 11 is 0. The van der Waals surface area contributed by atoms with Crippen molar-refractivity contribution in [2.24, 2.45) is 11.8 Å². The van der Waals surface area contributed by atoms with E-state index >= 15 is 0 Å². The summed E-state index contributed by atoms with van der Waals surface area (Å²) in [5, 5.41) is 0. The van der Waals surface area contributed by atoms with Crippen molar-refractivity contribution in [3.8, 4) is 0 Å². The van der Waals surface area contributed by atoms with E-state index in [0.717, 1.165) is 57.8 Å². The summed E-state index contributed by atoms with van der Waals surface area (Å²) in [7, 11) is 2.12. The number of benzene rings is 2. The number of pyridine rings is 1. The van der Waals surface area contributed by atoms with Crippen molar-refractivity contribution in [1.82, 2.24) is 19.7 Å². The van der Waals surface area contributed by atoms with Crippen LogP contribution in [0.1, 0.15) is 94.3 Å². The molecule has 260 valence electrons. The number of likely N-dealkylation sites (N-methyl/N-ethyl adjacent to an activating group) is 1. The first kappa shape index (κ1) is 33.6. The number of halogens is 3. The molecule has 0 radical (unpaired) electrons. The van der Waals surface area contributed by atoms with Gasteiger partial charge in [-0.2, -0.15) is 13.2 Å². The van der Waals surface area contributed by atoms with Crippen molar-refractivity contribution in [3.05, 3.63) is 94.7 Å². The molecule has 3 saturated heterocycles. The van der Waals surface area contributed by atoms with Crippen LogP contribution in [0.4, 0.5) is 19.0 Å². The summed E-state index contributed by atoms with van der Waals surface area (Å²) in [4.78, 5) is 40.8. The van der Waals surface area contributed by atoms with E-state index in [-0.39, 0.29) is 41.2 Å². The van der Waals surface area contributed by atoms with Crippen LogP contribution in [0.15, 0.2) is 66.9 Å². The number of hydrogen-bond donors (Lipinski definition) is 0. The summed E-state index contributed by atoms with van der Waals surface area (Å²) in [5.74, 6) is 0.698. The molecule has 2 amide bonds. The van der Waals surface area contributed by atoms with Gasteiger partial charge < -0.3 is 19.6 Å². The Kier molecular flexibility index (Phi) is 9.68. The minimum atomic E-state index is -4.50. The van der Waals surface area contributed by atoms with E-state index in [0.29, 0.717) is 56.0 Å². The Morgan fingerprint density at radius 1 is 0.755 bits per heavy atom. The topological polar surface area (TPSA) is 60.0 Å². The summed E-state index contributed by atoms with van der Waals surface area (Å²) < 4.78 is 42.6. The van der Waals surface area contributed by atoms with E-state index in [1.54, 1.807) is 23.2 Å². The number of fused-ring (bicyclic) bond motifs is 1. The van der Waals surface area contributed by atoms with Crippen molar-refractivity contribution in [2.75, 3.05) is 57.8 Å². The Hall–Kier alpha value is -3.92. The van der Waals surface area contributed by atoms with Crippen LogP contribution in [0.2, 0.25) is 0 Å². The standard InChI is InChI=1S/C39H46F3N5O2/c1-44-21-22-47(35(26-44)28-11-6-3-7-12-28)36-33(13-8-18-43-36)38(49)46-24-30-16-19-45(20-17-31(30)25-46)37(48)29-14-15-32(27-9-4-2-5-10-27)34(23-29)39(40,41)42/h3,6-8,11-15,18,23,27,30-31,35H,2,4-5,9-10,16-17,19-22,24-26H2,1H3/t30-,31+,35?. The maximum atomic E-state index is 14.2. The van der Waals surface area contributed by atoms with Gasteiger partial charge in [-0.25, -0.2) is 4.98 Å². The number of nitrogens with zero attached hydrogens (tertiary/aromatic N) is 5. The van der Waals surface area contributed by atoms with Gasteiger partial charge in [0.1, 0.15) is 5.82 Å². The van der Waals surface area contributed by atoms with Crippen LogP contribution in [-0.2, 0) is 6.18 Å². The molecule has 1 unspecified atom stereocenters. The molecular weight excluding hydrogens is 627 g/mol. The van der Waals surface area contributed by atoms with E-state index in [9.17, 15) is 22.8 Å². The fraction of sp³-hybridized carbons (Fsp3) is 0.513. The molecule has 10 heteroatoms. The molecule has 0 spiro atoms. The minimum Gasteiger partial charge on any atom is -0.346 e. The van der Waals surface area contributed by atoms with Crippen LogP contribution in [-0.4, -0.2) is 84.4 Å². The summed E-state index contributed by atoms with van der Waals surface area (Å²) in [6.45, 7) is 4.59. The van der Waals surface area contributed by atoms with Gasteiger partial charge in [-0.3, -0.25) is 9.59 Å². The van der Waals surface area contributed by atoms with Crippen molar-refractivity contribution < 1.29 is 22.8 Å². The molecule has 1 aromatic heterocycles. The average molecular weight is 674 g/mol. The third kappa shape index (κ3) is 7.07. The predicted molar refractivity (Wildman–Crippen MR) is 184 cm³/mol. The van der Waals surface area contributed by atoms with E-state index < -0.39 is 11.7 Å². The number of anilines is 1. The molecule has 1 saturated carbocycles. The van der Waals surface area contributed by atoms with Gasteiger partial charge in [0.15, 0.2) is 0 Å². The highest BCUT2D eigenvalue weighted by Crippen LogP contribution is 2.42. The Morgan fingerprint density at radius 2 is 1.47 bits per heavy atom. The molecule has 4 fully saturated rings. The third-order valence-corrected chi connectivity index (χ3v) is 11.4. The number of piperazine rings is 1. The lowest BCUT2D eigenvalue weighted by atomic mass is 9.81. The second-order valence-electron chi connectivity index (χ2n) is 14.5. The first-order valence-corrected chi connectivity index (χ1v) is 17.9. The van der Waals surface area contributed by atoms with Crippen molar-refractivity contribution in [3.63, 3.8) is 0 Å². The Bertz CT molecular complexity index is 1630. The van der Waals surface area contributed by atoms with Gasteiger partial charge in [-0.05, 0) is 85.9 Å². The van der Waals surface area contributed by atoms with Gasteiger partial charge in [-0.15, -0.1) is 0 Å². The fourth-order valence-corrected chi connectivity index (χ4v) is 8.70. The Labute approximate surface area is 287 Å². The minimum absolute atomic E-state index is 0.0208. The predicted octanol–water partition coefficient (Wildman–Crippen LogP) is 7.27. The largest absolute Gasteiger partial charge is 0.416 e. The van der Waals surface area contributed by atoms with Crippen LogP contribution in [0.25, 0.3) is 0 Å². The lowest BCUT2D eigenvalue weighted by Crippen LogP contribution is -2.48. The van der Waals surface area contributed by atoms with E-state index in [2.05, 4.69) is 29.0 Å². The number of likely N-dealkylation sites (tertiary alicyclic amines) is 2. The molecule has 4 heterocycles. The van der Waals surface area contributed by atoms with Crippen LogP contribution in [0.5, 0.6) is 0 Å². The SMILES string of the molecule is CN1CCN(c2ncccc2C(=O)N2C[C@H]3CCN(C(=O)c4ccc(C5CCCCC5)c(C(F)(F)F)c4)CC[C@H]3C2)C(c2ccccc2)C1. The van der Waals surface area contributed by atoms with Gasteiger partial charge >= 0.3 is 6.18 Å². The molecule has 3 aromatic rings. The van der Waals surface area contributed by atoms with Crippen LogP contribution in [0, 0.1) is 11.8 Å². The van der Waals surface area contributed by atoms with Crippen LogP contribution >= 0.6 is 0 Å². The molecule has 49 heavy (non-hydrogen) atoms. The molecule has 2 aromatic carbocycles. The summed E-state index contributed by atoms with van der Waals surface area (Å²) in [6.07, 6.45) is 3.14. The second-order valence-corrected chi connectivity index (χ2v) is 14.5. The molecule has 3 atom stereocenters. The number of hydrogen-bond acceptors (Lipinski definition) is 5. The number of amides is 2. The molecular formula is C39H46F3N5O2. The first-order valence-electron chi connectivity index (χ1n) is 17.9. The highest BCUT2D eigenvalue weighted by molar-refractivity contribution is 5.99. The Balaban J connectivity index is 1.03. The quantitative estimate of drug-likeness (QED) is 0.285. The Morgan fingerprint density at radius 3 is 2.16 bits per heavy atom. The molecule has 0 bridgehead atoms. The molecule has 7 nitrogen and oxygen atoms in total. The van der Waals surface area contributed by atoms with E-state index in [1.807, 2.05) is 35.2 Å². The smallest absolute Gasteiger partial charge is 0.346 e. The van der Waals surface area contributed by atoms with Crippen LogP contribution < -0.4 is 4.90 Å². The van der Waals surface area contributed by atoms with Gasteiger partial charge in [-0.1, -0.05) is 55.7 Å². The van der Waals surface area contributed by atoms with E-state index in [4.69, 9.17) is 4.98 Å². The second kappa shape index (κ2) is 14.1. The lowest BCUT2D eigenvalue weighted by molar-refractivity contribution is -0.138. The number of rotatable bonds is 5. The maximum Gasteiger partial charge on any atom is 0.416 e. The molecule has 7 rings (SSSR count). The van der Waals surface area contributed by atoms with Crippen molar-refractivity contribution in [1.29, 1.82) is 0 Å². The third-order valence-electron chi connectivity index (χ3n) is 11.4. The highest BCUT2D eigenvalue weighted by Gasteiger charge is 2.41. The van der Waals surface area contributed by atoms with Crippen LogP contribution in [0.3, 0.4) is 0 Å². The van der Waals surface area contributed by atoms with Gasteiger partial charge in [0.05, 0.1) is 17.2 Å². The number of alkyl halides is 3. The number of aromatic nitrogens is 1. The van der Waals surface area contributed by atoms with Gasteiger partial charge in [0.2, 0.25) is 0 Å². The van der Waals surface area contributed by atoms with Gasteiger partial charge in [0.25, 0.3) is 11.8 Å². The summed E-state index contributed by atoms with van der Waals surface area (Å²) in [6, 6.07) is 18.4. The zero-order valence-corrected chi connectivity index (χ0v) is 28.2. The first-order chi connectivity index (χ1) is 23.7. The number of carbonyl (C=O) groups excluding carboxylic acids is 2. The molecule has 0 N–H and O–H groups in total. The lowest BCUT2D eigenvalue weighted by Gasteiger charge is -2.41.